The maximum atomic E-state index is 10.7. The fraction of sp³-hybridized carbons (Fsp3) is 0.571. The van der Waals surface area contributed by atoms with Gasteiger partial charge in [-0.05, 0) is 6.92 Å². The van der Waals surface area contributed by atoms with Crippen LogP contribution >= 0.6 is 0 Å². The van der Waals surface area contributed by atoms with Gasteiger partial charge in [-0.2, -0.15) is 4.98 Å². The topological polar surface area (TPSA) is 47.8 Å². The molecule has 0 aromatic carbocycles. The summed E-state index contributed by atoms with van der Waals surface area (Å²) in [6.07, 6.45) is 1.26. The number of aryl methyl sites for hydroxylation is 1. The van der Waals surface area contributed by atoms with Gasteiger partial charge in [-0.25, -0.2) is 9.78 Å². The van der Waals surface area contributed by atoms with Crippen LogP contribution in [0.15, 0.2) is 11.1 Å². The average molecular weight is 155 g/mol. The fourth-order valence-corrected chi connectivity index (χ4v) is 0.473. The lowest BCUT2D eigenvalue weighted by atomic mass is 10.7. The molecule has 0 aliphatic heterocycles. The van der Waals surface area contributed by atoms with E-state index in [1.54, 1.807) is 14.0 Å². The zero-order chi connectivity index (χ0) is 8.85. The second kappa shape index (κ2) is 4.60. The van der Waals surface area contributed by atoms with E-state index in [1.165, 1.54) is 10.9 Å². The summed E-state index contributed by atoms with van der Waals surface area (Å²) in [5, 5.41) is 0. The van der Waals surface area contributed by atoms with Crippen LogP contribution in [-0.2, 0) is 7.05 Å². The minimum Gasteiger partial charge on any atom is -0.283 e. The van der Waals surface area contributed by atoms with Gasteiger partial charge in [-0.15, -0.1) is 0 Å². The van der Waals surface area contributed by atoms with E-state index in [2.05, 4.69) is 9.97 Å². The van der Waals surface area contributed by atoms with Gasteiger partial charge in [0.2, 0.25) is 0 Å². The second-order valence-corrected chi connectivity index (χ2v) is 1.76. The Morgan fingerprint density at radius 2 is 1.91 bits per heavy atom. The molecule has 0 atom stereocenters. The van der Waals surface area contributed by atoms with Crippen molar-refractivity contribution in [2.75, 3.05) is 0 Å². The lowest BCUT2D eigenvalue weighted by molar-refractivity contribution is 0.728. The molecule has 0 saturated heterocycles. The SMILES string of the molecule is CC.Cc1ncnc(=O)n1C. The van der Waals surface area contributed by atoms with Gasteiger partial charge in [0.15, 0.2) is 0 Å². The summed E-state index contributed by atoms with van der Waals surface area (Å²) in [5.74, 6) is 0.676. The van der Waals surface area contributed by atoms with Crippen LogP contribution in [0.1, 0.15) is 19.7 Å². The molecule has 0 unspecified atom stereocenters. The Hall–Kier alpha value is -1.19. The molecule has 62 valence electrons. The van der Waals surface area contributed by atoms with Crippen molar-refractivity contribution < 1.29 is 0 Å². The first-order chi connectivity index (χ1) is 5.22. The van der Waals surface area contributed by atoms with Crippen LogP contribution in [0.3, 0.4) is 0 Å². The molecule has 0 bridgehead atoms. The van der Waals surface area contributed by atoms with Gasteiger partial charge in [-0.1, -0.05) is 13.8 Å². The first kappa shape index (κ1) is 9.81. The Balaban J connectivity index is 0.000000461. The number of hydrogen-bond donors (Lipinski definition) is 0. The number of nitrogens with zero attached hydrogens (tertiary/aromatic N) is 3. The smallest absolute Gasteiger partial charge is 0.283 e. The first-order valence-electron chi connectivity index (χ1n) is 3.56. The molecular weight excluding hydrogens is 142 g/mol. The third kappa shape index (κ3) is 2.49. The standard InChI is InChI=1S/C5H7N3O.C2H6/c1-4-6-3-7-5(9)8(4)2;1-2/h3H,1-2H3;1-2H3. The molecule has 1 aromatic heterocycles. The molecule has 0 radical (unpaired) electrons. The normalized spacial score (nSPS) is 8.36. The van der Waals surface area contributed by atoms with Crippen molar-refractivity contribution in [3.63, 3.8) is 0 Å². The van der Waals surface area contributed by atoms with E-state index >= 15 is 0 Å². The van der Waals surface area contributed by atoms with Crippen molar-refractivity contribution in [2.24, 2.45) is 7.05 Å². The minimum atomic E-state index is -0.262. The fourth-order valence-electron chi connectivity index (χ4n) is 0.473. The summed E-state index contributed by atoms with van der Waals surface area (Å²) in [6, 6.07) is 0. The molecule has 4 heteroatoms. The summed E-state index contributed by atoms with van der Waals surface area (Å²) in [4.78, 5) is 17.9. The predicted molar refractivity (Wildman–Crippen MR) is 43.4 cm³/mol. The first-order valence-corrected chi connectivity index (χ1v) is 3.56. The van der Waals surface area contributed by atoms with Gasteiger partial charge in [-0.3, -0.25) is 4.57 Å². The molecule has 11 heavy (non-hydrogen) atoms. The van der Waals surface area contributed by atoms with E-state index in [-0.39, 0.29) is 5.69 Å². The van der Waals surface area contributed by atoms with Crippen LogP contribution in [-0.4, -0.2) is 14.5 Å². The second-order valence-electron chi connectivity index (χ2n) is 1.76. The van der Waals surface area contributed by atoms with Gasteiger partial charge in [0.1, 0.15) is 12.2 Å². The van der Waals surface area contributed by atoms with Crippen molar-refractivity contribution in [3.05, 3.63) is 22.6 Å². The molecule has 1 aromatic rings. The third-order valence-electron chi connectivity index (χ3n) is 1.19. The largest absolute Gasteiger partial charge is 0.350 e. The summed E-state index contributed by atoms with van der Waals surface area (Å²) in [5.41, 5.74) is -0.262. The Kier molecular flexibility index (Phi) is 4.10. The highest BCUT2D eigenvalue weighted by Crippen LogP contribution is 1.77. The summed E-state index contributed by atoms with van der Waals surface area (Å²) in [7, 11) is 1.64. The molecule has 0 aliphatic carbocycles. The molecule has 4 nitrogen and oxygen atoms in total. The van der Waals surface area contributed by atoms with E-state index < -0.39 is 0 Å². The summed E-state index contributed by atoms with van der Waals surface area (Å²) >= 11 is 0. The Morgan fingerprint density at radius 3 is 2.27 bits per heavy atom. The van der Waals surface area contributed by atoms with E-state index in [1.807, 2.05) is 13.8 Å². The maximum Gasteiger partial charge on any atom is 0.350 e. The summed E-state index contributed by atoms with van der Waals surface area (Å²) < 4.78 is 1.39. The Bertz CT molecular complexity index is 267. The van der Waals surface area contributed by atoms with E-state index in [9.17, 15) is 4.79 Å². The molecule has 1 rings (SSSR count). The molecule has 0 aliphatic rings. The number of rotatable bonds is 0. The van der Waals surface area contributed by atoms with Crippen molar-refractivity contribution in [1.82, 2.24) is 14.5 Å². The van der Waals surface area contributed by atoms with Crippen LogP contribution < -0.4 is 5.69 Å². The molecule has 0 spiro atoms. The van der Waals surface area contributed by atoms with E-state index in [4.69, 9.17) is 0 Å². The van der Waals surface area contributed by atoms with Crippen molar-refractivity contribution in [1.29, 1.82) is 0 Å². The molecule has 0 N–H and O–H groups in total. The summed E-state index contributed by atoms with van der Waals surface area (Å²) in [6.45, 7) is 5.75. The molecular formula is C7H13N3O. The highest BCUT2D eigenvalue weighted by molar-refractivity contribution is 4.79. The van der Waals surface area contributed by atoms with Gasteiger partial charge in [0.05, 0.1) is 0 Å². The number of aromatic nitrogens is 3. The van der Waals surface area contributed by atoms with Crippen molar-refractivity contribution in [3.8, 4) is 0 Å². The van der Waals surface area contributed by atoms with Crippen LogP contribution in [0.5, 0.6) is 0 Å². The monoisotopic (exact) mass is 155 g/mol. The zero-order valence-electron chi connectivity index (χ0n) is 7.33. The molecule has 0 amide bonds. The van der Waals surface area contributed by atoms with Crippen LogP contribution in [0.25, 0.3) is 0 Å². The lowest BCUT2D eigenvalue weighted by Gasteiger charge is -1.95. The Labute approximate surface area is 65.9 Å². The van der Waals surface area contributed by atoms with Gasteiger partial charge >= 0.3 is 5.69 Å². The van der Waals surface area contributed by atoms with E-state index in [0.29, 0.717) is 5.82 Å². The van der Waals surface area contributed by atoms with Gasteiger partial charge in [0.25, 0.3) is 0 Å². The van der Waals surface area contributed by atoms with E-state index in [0.717, 1.165) is 0 Å². The lowest BCUT2D eigenvalue weighted by Crippen LogP contribution is -2.22. The zero-order valence-corrected chi connectivity index (χ0v) is 7.33. The predicted octanol–water partition coefficient (Wildman–Crippen LogP) is 0.510. The van der Waals surface area contributed by atoms with Crippen molar-refractivity contribution >= 4 is 0 Å². The average Bonchev–Trinajstić information content (AvgIpc) is 2.04. The van der Waals surface area contributed by atoms with Crippen molar-refractivity contribution in [2.45, 2.75) is 20.8 Å². The van der Waals surface area contributed by atoms with Crippen LogP contribution in [0, 0.1) is 6.92 Å². The molecule has 0 fully saturated rings. The molecule has 0 saturated carbocycles. The number of hydrogen-bond acceptors (Lipinski definition) is 3. The highest BCUT2D eigenvalue weighted by Gasteiger charge is 1.91. The Morgan fingerprint density at radius 1 is 1.36 bits per heavy atom. The van der Waals surface area contributed by atoms with Crippen LogP contribution in [0.4, 0.5) is 0 Å². The van der Waals surface area contributed by atoms with Gasteiger partial charge in [0, 0.05) is 7.05 Å². The highest BCUT2D eigenvalue weighted by atomic mass is 16.1. The minimum absolute atomic E-state index is 0.262. The van der Waals surface area contributed by atoms with Crippen LogP contribution in [0.2, 0.25) is 0 Å². The quantitative estimate of drug-likeness (QED) is 0.548. The maximum absolute atomic E-state index is 10.7. The third-order valence-corrected chi connectivity index (χ3v) is 1.19. The molecule has 1 heterocycles. The van der Waals surface area contributed by atoms with Gasteiger partial charge < -0.3 is 0 Å².